The molecule has 3 rings (SSSR count). The van der Waals surface area contributed by atoms with Crippen LogP contribution in [0, 0.1) is 0 Å². The molecule has 21 heavy (non-hydrogen) atoms. The zero-order valence-corrected chi connectivity index (χ0v) is 12.1. The van der Waals surface area contributed by atoms with Crippen molar-refractivity contribution < 1.29 is 0 Å². The first-order chi connectivity index (χ1) is 10.1. The average Bonchev–Trinajstić information content (AvgIpc) is 2.87. The predicted octanol–water partition coefficient (Wildman–Crippen LogP) is 2.66. The van der Waals surface area contributed by atoms with Crippen molar-refractivity contribution in [3.05, 3.63) is 64.3 Å². The van der Waals surface area contributed by atoms with Gasteiger partial charge in [0.05, 0.1) is 11.0 Å². The number of hydrogen-bond donors (Lipinski definition) is 3. The summed E-state index contributed by atoms with van der Waals surface area (Å²) in [6, 6.07) is 10.3. The van der Waals surface area contributed by atoms with Gasteiger partial charge in [0.25, 0.3) is 0 Å². The molecule has 0 bridgehead atoms. The zero-order chi connectivity index (χ0) is 14.8. The molecule has 2 atom stereocenters. The van der Waals surface area contributed by atoms with Gasteiger partial charge in [-0.05, 0) is 43.2 Å². The van der Waals surface area contributed by atoms with Crippen LogP contribution >= 0.6 is 0 Å². The number of H-pyrrole nitrogens is 2. The fraction of sp³-hybridized carbons (Fsp3) is 0.250. The van der Waals surface area contributed by atoms with E-state index in [0.717, 1.165) is 22.2 Å². The highest BCUT2D eigenvalue weighted by Gasteiger charge is 2.12. The van der Waals surface area contributed by atoms with Crippen molar-refractivity contribution in [3.8, 4) is 0 Å². The number of rotatable bonds is 4. The molecule has 2 aromatic heterocycles. The summed E-state index contributed by atoms with van der Waals surface area (Å²) >= 11 is 0. The van der Waals surface area contributed by atoms with Gasteiger partial charge in [-0.15, -0.1) is 0 Å². The van der Waals surface area contributed by atoms with Crippen LogP contribution in [0.4, 0.5) is 0 Å². The van der Waals surface area contributed by atoms with Crippen LogP contribution in [0.3, 0.4) is 0 Å². The summed E-state index contributed by atoms with van der Waals surface area (Å²) in [5.74, 6) is 0. The molecule has 0 spiro atoms. The fourth-order valence-corrected chi connectivity index (χ4v) is 2.52. The quantitative estimate of drug-likeness (QED) is 0.688. The maximum Gasteiger partial charge on any atom is 0.323 e. The maximum atomic E-state index is 11.3. The van der Waals surface area contributed by atoms with Crippen LogP contribution < -0.4 is 11.0 Å². The van der Waals surface area contributed by atoms with Crippen LogP contribution in [0.1, 0.15) is 37.1 Å². The van der Waals surface area contributed by atoms with Gasteiger partial charge >= 0.3 is 5.69 Å². The number of aromatic amines is 2. The summed E-state index contributed by atoms with van der Waals surface area (Å²) in [4.78, 5) is 21.0. The van der Waals surface area contributed by atoms with Crippen molar-refractivity contribution in [1.82, 2.24) is 20.3 Å². The molecule has 3 N–H and O–H groups in total. The van der Waals surface area contributed by atoms with Crippen LogP contribution in [-0.4, -0.2) is 15.0 Å². The zero-order valence-electron chi connectivity index (χ0n) is 12.1. The van der Waals surface area contributed by atoms with Gasteiger partial charge in [0.1, 0.15) is 0 Å². The Hall–Kier alpha value is -2.40. The normalized spacial score (nSPS) is 14.2. The van der Waals surface area contributed by atoms with Gasteiger partial charge in [-0.2, -0.15) is 0 Å². The standard InChI is InChI=1S/C16H18N4O/c1-10(18-11(2)13-4-3-7-17-9-13)12-5-6-14-15(8-12)20-16(21)19-14/h3-11,18H,1-2H3,(H2,19,20,21)/t10?,11-/m0/s1. The van der Waals surface area contributed by atoms with E-state index in [4.69, 9.17) is 0 Å². The minimum Gasteiger partial charge on any atom is -0.306 e. The summed E-state index contributed by atoms with van der Waals surface area (Å²) in [6.45, 7) is 4.23. The second kappa shape index (κ2) is 5.54. The van der Waals surface area contributed by atoms with E-state index in [0.29, 0.717) is 0 Å². The first kappa shape index (κ1) is 13.6. The molecular weight excluding hydrogens is 264 g/mol. The van der Waals surface area contributed by atoms with Crippen molar-refractivity contribution in [2.24, 2.45) is 0 Å². The molecular formula is C16H18N4O. The van der Waals surface area contributed by atoms with E-state index in [-0.39, 0.29) is 17.8 Å². The SMILES string of the molecule is CC(N[C@@H](C)c1cccnc1)c1ccc2[nH]c(=O)[nH]c2c1. The number of nitrogens with one attached hydrogen (secondary N) is 3. The van der Waals surface area contributed by atoms with Crippen molar-refractivity contribution >= 4 is 11.0 Å². The van der Waals surface area contributed by atoms with E-state index < -0.39 is 0 Å². The molecule has 0 saturated carbocycles. The van der Waals surface area contributed by atoms with Gasteiger partial charge < -0.3 is 15.3 Å². The molecule has 0 amide bonds. The molecule has 0 aliphatic rings. The van der Waals surface area contributed by atoms with Crippen molar-refractivity contribution in [1.29, 1.82) is 0 Å². The number of fused-ring (bicyclic) bond motifs is 1. The van der Waals surface area contributed by atoms with Crippen LogP contribution in [0.5, 0.6) is 0 Å². The number of pyridine rings is 1. The summed E-state index contributed by atoms with van der Waals surface area (Å²) < 4.78 is 0. The Morgan fingerprint density at radius 1 is 1.05 bits per heavy atom. The van der Waals surface area contributed by atoms with E-state index in [1.54, 1.807) is 6.20 Å². The van der Waals surface area contributed by atoms with E-state index in [2.05, 4.69) is 40.2 Å². The lowest BCUT2D eigenvalue weighted by Gasteiger charge is -2.20. The molecule has 2 heterocycles. The molecule has 0 radical (unpaired) electrons. The number of hydrogen-bond acceptors (Lipinski definition) is 3. The second-order valence-corrected chi connectivity index (χ2v) is 5.28. The van der Waals surface area contributed by atoms with Crippen LogP contribution in [0.15, 0.2) is 47.5 Å². The maximum absolute atomic E-state index is 11.3. The monoisotopic (exact) mass is 282 g/mol. The Kier molecular flexibility index (Phi) is 3.58. The molecule has 0 aliphatic carbocycles. The third kappa shape index (κ3) is 2.87. The van der Waals surface area contributed by atoms with Gasteiger partial charge in [-0.3, -0.25) is 4.98 Å². The molecule has 108 valence electrons. The number of imidazole rings is 1. The largest absolute Gasteiger partial charge is 0.323 e. The Balaban J connectivity index is 1.80. The molecule has 3 aromatic rings. The van der Waals surface area contributed by atoms with Crippen LogP contribution in [0.25, 0.3) is 11.0 Å². The van der Waals surface area contributed by atoms with E-state index in [1.165, 1.54) is 0 Å². The topological polar surface area (TPSA) is 73.6 Å². The molecule has 5 nitrogen and oxygen atoms in total. The van der Waals surface area contributed by atoms with Crippen LogP contribution in [0.2, 0.25) is 0 Å². The van der Waals surface area contributed by atoms with Gasteiger partial charge in [-0.1, -0.05) is 12.1 Å². The first-order valence-corrected chi connectivity index (χ1v) is 7.01. The number of benzene rings is 1. The average molecular weight is 282 g/mol. The molecule has 0 saturated heterocycles. The van der Waals surface area contributed by atoms with Crippen molar-refractivity contribution in [2.75, 3.05) is 0 Å². The lowest BCUT2D eigenvalue weighted by molar-refractivity contribution is 0.494. The predicted molar refractivity (Wildman–Crippen MR) is 83.1 cm³/mol. The van der Waals surface area contributed by atoms with E-state index in [9.17, 15) is 4.79 Å². The number of nitrogens with zero attached hydrogens (tertiary/aromatic N) is 1. The highest BCUT2D eigenvalue weighted by Crippen LogP contribution is 2.21. The minimum absolute atomic E-state index is 0.169. The van der Waals surface area contributed by atoms with Crippen LogP contribution in [-0.2, 0) is 0 Å². The molecule has 5 heteroatoms. The first-order valence-electron chi connectivity index (χ1n) is 7.01. The Labute approximate surface area is 122 Å². The summed E-state index contributed by atoms with van der Waals surface area (Å²) in [5.41, 5.74) is 3.77. The summed E-state index contributed by atoms with van der Waals surface area (Å²) in [7, 11) is 0. The van der Waals surface area contributed by atoms with Crippen molar-refractivity contribution in [3.63, 3.8) is 0 Å². The summed E-state index contributed by atoms with van der Waals surface area (Å²) in [6.07, 6.45) is 3.65. The third-order valence-corrected chi connectivity index (χ3v) is 3.72. The minimum atomic E-state index is -0.175. The number of aromatic nitrogens is 3. The molecule has 1 unspecified atom stereocenters. The lowest BCUT2D eigenvalue weighted by Crippen LogP contribution is -2.22. The Morgan fingerprint density at radius 2 is 1.81 bits per heavy atom. The lowest BCUT2D eigenvalue weighted by atomic mass is 10.0. The van der Waals surface area contributed by atoms with Gasteiger partial charge in [-0.25, -0.2) is 4.79 Å². The highest BCUT2D eigenvalue weighted by molar-refractivity contribution is 5.75. The second-order valence-electron chi connectivity index (χ2n) is 5.28. The Bertz CT molecular complexity index is 791. The third-order valence-electron chi connectivity index (χ3n) is 3.72. The van der Waals surface area contributed by atoms with Gasteiger partial charge in [0.15, 0.2) is 0 Å². The van der Waals surface area contributed by atoms with E-state index >= 15 is 0 Å². The summed E-state index contributed by atoms with van der Waals surface area (Å²) in [5, 5.41) is 3.54. The molecule has 1 aromatic carbocycles. The fourth-order valence-electron chi connectivity index (χ4n) is 2.52. The smallest absolute Gasteiger partial charge is 0.306 e. The van der Waals surface area contributed by atoms with E-state index in [1.807, 2.05) is 30.5 Å². The molecule has 0 aliphatic heterocycles. The van der Waals surface area contributed by atoms with Gasteiger partial charge in [0.2, 0.25) is 0 Å². The van der Waals surface area contributed by atoms with Gasteiger partial charge in [0, 0.05) is 24.5 Å². The highest BCUT2D eigenvalue weighted by atomic mass is 16.1. The Morgan fingerprint density at radius 3 is 2.57 bits per heavy atom. The molecule has 0 fully saturated rings. The van der Waals surface area contributed by atoms with Crippen molar-refractivity contribution in [2.45, 2.75) is 25.9 Å².